The summed E-state index contributed by atoms with van der Waals surface area (Å²) in [4.78, 5) is 27.8. The number of rotatable bonds is 6. The van der Waals surface area contributed by atoms with Crippen molar-refractivity contribution in [3.05, 3.63) is 46.0 Å². The topological polar surface area (TPSA) is 84.2 Å². The first-order valence-electron chi connectivity index (χ1n) is 7.40. The molecule has 2 rings (SSSR count). The second kappa shape index (κ2) is 7.96. The molecule has 1 aromatic heterocycles. The van der Waals surface area contributed by atoms with Crippen molar-refractivity contribution in [3.63, 3.8) is 0 Å². The molecule has 8 heteroatoms. The predicted molar refractivity (Wildman–Crippen MR) is 90.9 cm³/mol. The number of aromatic hydroxyl groups is 1. The van der Waals surface area contributed by atoms with Gasteiger partial charge in [0.05, 0.1) is 11.8 Å². The molecular weight excluding hydrogens is 333 g/mol. The number of benzene rings is 1. The molecule has 6 nitrogen and oxygen atoms in total. The summed E-state index contributed by atoms with van der Waals surface area (Å²) in [5, 5.41) is 12.3. The van der Waals surface area contributed by atoms with Crippen LogP contribution >= 0.6 is 11.8 Å². The minimum Gasteiger partial charge on any atom is -0.493 e. The molecule has 0 bridgehead atoms. The highest BCUT2D eigenvalue weighted by Gasteiger charge is 2.11. The summed E-state index contributed by atoms with van der Waals surface area (Å²) in [7, 11) is 0. The van der Waals surface area contributed by atoms with Crippen molar-refractivity contribution in [2.45, 2.75) is 32.0 Å². The van der Waals surface area contributed by atoms with E-state index in [4.69, 9.17) is 0 Å². The second-order valence-electron chi connectivity index (χ2n) is 5.19. The quantitative estimate of drug-likeness (QED) is 0.617. The Morgan fingerprint density at radius 1 is 1.42 bits per heavy atom. The molecular formula is C16H18FN3O3S. The van der Waals surface area contributed by atoms with E-state index >= 15 is 0 Å². The number of anilines is 1. The molecule has 0 unspecified atom stereocenters. The third-order valence-corrected chi connectivity index (χ3v) is 4.17. The number of thioether (sulfide) groups is 1. The summed E-state index contributed by atoms with van der Waals surface area (Å²) in [6, 6.07) is 5.47. The zero-order valence-corrected chi connectivity index (χ0v) is 14.2. The third-order valence-electron chi connectivity index (χ3n) is 3.19. The van der Waals surface area contributed by atoms with Crippen LogP contribution in [0.4, 0.5) is 10.1 Å². The fourth-order valence-electron chi connectivity index (χ4n) is 2.01. The highest BCUT2D eigenvalue weighted by atomic mass is 32.2. The molecule has 2 aromatic rings. The standard InChI is InChI=1S/C16H18FN3O3S/c1-3-6-20-15(23)8-13(21)19-16(20)24-9-14(22)18-11-5-4-10(2)12(17)7-11/h4-5,7-8,21H,3,6,9H2,1-2H3,(H,18,22). The molecule has 0 saturated heterocycles. The molecule has 0 atom stereocenters. The normalized spacial score (nSPS) is 10.6. The van der Waals surface area contributed by atoms with Crippen LogP contribution in [0.25, 0.3) is 0 Å². The largest absolute Gasteiger partial charge is 0.493 e. The average molecular weight is 351 g/mol. The first kappa shape index (κ1) is 18.0. The summed E-state index contributed by atoms with van der Waals surface area (Å²) in [5.74, 6) is -1.15. The SMILES string of the molecule is CCCn1c(SCC(=O)Nc2ccc(C)c(F)c2)nc(O)cc1=O. The van der Waals surface area contributed by atoms with Gasteiger partial charge in [0.2, 0.25) is 11.8 Å². The molecule has 0 aliphatic heterocycles. The van der Waals surface area contributed by atoms with Gasteiger partial charge in [0.25, 0.3) is 5.56 Å². The van der Waals surface area contributed by atoms with E-state index in [9.17, 15) is 19.1 Å². The van der Waals surface area contributed by atoms with Crippen LogP contribution < -0.4 is 10.9 Å². The Labute approximate surface area is 142 Å². The van der Waals surface area contributed by atoms with Gasteiger partial charge in [0.15, 0.2) is 5.16 Å². The number of nitrogens with zero attached hydrogens (tertiary/aromatic N) is 2. The number of aromatic nitrogens is 2. The number of aryl methyl sites for hydroxylation is 1. The zero-order chi connectivity index (χ0) is 17.7. The van der Waals surface area contributed by atoms with Gasteiger partial charge >= 0.3 is 0 Å². The maximum atomic E-state index is 13.5. The number of halogens is 1. The molecule has 0 aliphatic carbocycles. The number of hydrogen-bond donors (Lipinski definition) is 2. The van der Waals surface area contributed by atoms with E-state index < -0.39 is 5.82 Å². The zero-order valence-electron chi connectivity index (χ0n) is 13.4. The fourth-order valence-corrected chi connectivity index (χ4v) is 2.84. The Kier molecular flexibility index (Phi) is 5.97. The van der Waals surface area contributed by atoms with E-state index in [1.807, 2.05) is 6.92 Å². The molecule has 2 N–H and O–H groups in total. The van der Waals surface area contributed by atoms with E-state index in [-0.39, 0.29) is 28.3 Å². The Morgan fingerprint density at radius 2 is 2.17 bits per heavy atom. The van der Waals surface area contributed by atoms with Gasteiger partial charge in [-0.2, -0.15) is 4.98 Å². The molecule has 1 heterocycles. The van der Waals surface area contributed by atoms with Crippen LogP contribution in [0.15, 0.2) is 34.2 Å². The summed E-state index contributed by atoms with van der Waals surface area (Å²) >= 11 is 1.04. The van der Waals surface area contributed by atoms with Crippen LogP contribution in [-0.2, 0) is 11.3 Å². The Bertz CT molecular complexity index is 808. The van der Waals surface area contributed by atoms with Gasteiger partial charge in [-0.3, -0.25) is 14.2 Å². The number of hydrogen-bond acceptors (Lipinski definition) is 5. The Morgan fingerprint density at radius 3 is 2.83 bits per heavy atom. The van der Waals surface area contributed by atoms with E-state index in [1.165, 1.54) is 10.6 Å². The van der Waals surface area contributed by atoms with Crippen LogP contribution in [0.3, 0.4) is 0 Å². The van der Waals surface area contributed by atoms with Crippen molar-refractivity contribution in [3.8, 4) is 5.88 Å². The fraction of sp³-hybridized carbons (Fsp3) is 0.312. The molecule has 24 heavy (non-hydrogen) atoms. The van der Waals surface area contributed by atoms with Crippen LogP contribution in [0.2, 0.25) is 0 Å². The summed E-state index contributed by atoms with van der Waals surface area (Å²) < 4.78 is 14.9. The number of carbonyl (C=O) groups is 1. The molecule has 0 radical (unpaired) electrons. The third kappa shape index (κ3) is 4.58. The van der Waals surface area contributed by atoms with Gasteiger partial charge in [-0.1, -0.05) is 24.8 Å². The number of nitrogens with one attached hydrogen (secondary N) is 1. The molecule has 1 amide bonds. The van der Waals surface area contributed by atoms with Gasteiger partial charge < -0.3 is 10.4 Å². The van der Waals surface area contributed by atoms with Gasteiger partial charge in [-0.25, -0.2) is 4.39 Å². The number of carbonyl (C=O) groups excluding carboxylic acids is 1. The van der Waals surface area contributed by atoms with E-state index in [0.29, 0.717) is 17.8 Å². The Hall–Kier alpha value is -2.35. The summed E-state index contributed by atoms with van der Waals surface area (Å²) in [5.41, 5.74) is 0.487. The predicted octanol–water partition coefficient (Wildman–Crippen LogP) is 2.54. The lowest BCUT2D eigenvalue weighted by Gasteiger charge is -2.11. The molecule has 1 aromatic carbocycles. The van der Waals surface area contributed by atoms with Crippen LogP contribution in [0.1, 0.15) is 18.9 Å². The van der Waals surface area contributed by atoms with Gasteiger partial charge in [0, 0.05) is 12.2 Å². The smallest absolute Gasteiger partial charge is 0.257 e. The summed E-state index contributed by atoms with van der Waals surface area (Å²) in [6.45, 7) is 3.99. The van der Waals surface area contributed by atoms with Crippen LogP contribution in [0, 0.1) is 12.7 Å². The minimum absolute atomic E-state index is 0.0187. The van der Waals surface area contributed by atoms with Crippen molar-refractivity contribution in [1.82, 2.24) is 9.55 Å². The molecule has 0 saturated carbocycles. The van der Waals surface area contributed by atoms with Gasteiger partial charge in [-0.15, -0.1) is 0 Å². The first-order chi connectivity index (χ1) is 11.4. The second-order valence-corrected chi connectivity index (χ2v) is 6.13. The monoisotopic (exact) mass is 351 g/mol. The van der Waals surface area contributed by atoms with Gasteiger partial charge in [0.1, 0.15) is 5.82 Å². The number of amides is 1. The lowest BCUT2D eigenvalue weighted by Crippen LogP contribution is -2.23. The molecule has 0 spiro atoms. The highest BCUT2D eigenvalue weighted by Crippen LogP contribution is 2.18. The van der Waals surface area contributed by atoms with Crippen molar-refractivity contribution in [2.75, 3.05) is 11.1 Å². The highest BCUT2D eigenvalue weighted by molar-refractivity contribution is 7.99. The summed E-state index contributed by atoms with van der Waals surface area (Å²) in [6.07, 6.45) is 0.717. The van der Waals surface area contributed by atoms with E-state index in [1.54, 1.807) is 19.1 Å². The maximum Gasteiger partial charge on any atom is 0.257 e. The van der Waals surface area contributed by atoms with Crippen LogP contribution in [-0.4, -0.2) is 26.3 Å². The lowest BCUT2D eigenvalue weighted by atomic mass is 10.2. The van der Waals surface area contributed by atoms with Crippen molar-refractivity contribution < 1.29 is 14.3 Å². The lowest BCUT2D eigenvalue weighted by molar-refractivity contribution is -0.113. The van der Waals surface area contributed by atoms with E-state index in [0.717, 1.165) is 24.2 Å². The van der Waals surface area contributed by atoms with E-state index in [2.05, 4.69) is 10.3 Å². The Balaban J connectivity index is 2.06. The van der Waals surface area contributed by atoms with Crippen molar-refractivity contribution >= 4 is 23.4 Å². The molecule has 0 aliphatic rings. The van der Waals surface area contributed by atoms with Crippen molar-refractivity contribution in [2.24, 2.45) is 0 Å². The van der Waals surface area contributed by atoms with Crippen LogP contribution in [0.5, 0.6) is 5.88 Å². The minimum atomic E-state index is -0.396. The van der Waals surface area contributed by atoms with Crippen molar-refractivity contribution in [1.29, 1.82) is 0 Å². The van der Waals surface area contributed by atoms with Gasteiger partial charge in [-0.05, 0) is 31.0 Å². The first-order valence-corrected chi connectivity index (χ1v) is 8.39. The molecule has 0 fully saturated rings. The maximum absolute atomic E-state index is 13.5. The molecule has 128 valence electrons. The average Bonchev–Trinajstić information content (AvgIpc) is 2.52.